The topological polar surface area (TPSA) is 73.6 Å². The monoisotopic (exact) mass is 476 g/mol. The zero-order valence-corrected chi connectivity index (χ0v) is 19.7. The number of para-hydroxylation sites is 1. The van der Waals surface area contributed by atoms with Crippen molar-refractivity contribution in [1.82, 2.24) is 4.98 Å². The highest BCUT2D eigenvalue weighted by molar-refractivity contribution is 6.02. The number of hydrogen-bond acceptors (Lipinski definition) is 5. The molecular formula is C30H24N2O4. The van der Waals surface area contributed by atoms with Crippen LogP contribution in [0, 0.1) is 0 Å². The Morgan fingerprint density at radius 3 is 2.53 bits per heavy atom. The Balaban J connectivity index is 1.21. The molecule has 0 aliphatic heterocycles. The van der Waals surface area contributed by atoms with Crippen LogP contribution in [0.5, 0.6) is 11.5 Å². The Morgan fingerprint density at radius 1 is 0.944 bits per heavy atom. The van der Waals surface area contributed by atoms with E-state index in [1.165, 1.54) is 6.08 Å². The normalized spacial score (nSPS) is 11.0. The predicted octanol–water partition coefficient (Wildman–Crippen LogP) is 6.73. The molecule has 1 N–H and O–H groups in total. The molecule has 178 valence electrons. The molecule has 0 unspecified atom stereocenters. The number of carbonyl (C=O) groups is 1. The molecule has 0 aliphatic rings. The fourth-order valence-corrected chi connectivity index (χ4v) is 3.71. The van der Waals surface area contributed by atoms with Crippen molar-refractivity contribution in [3.05, 3.63) is 114 Å². The van der Waals surface area contributed by atoms with Crippen LogP contribution in [0.3, 0.4) is 0 Å². The minimum Gasteiger partial charge on any atom is -0.496 e. The minimum absolute atomic E-state index is 0.247. The standard InChI is InChI=1S/C30H24N2O4/c1-34-27-10-6-5-9-25(27)30-32-26-17-14-23(19-28(26)36-30)31-29(33)18-13-21-11-15-24(16-12-21)35-20-22-7-3-2-4-8-22/h2-19H,20H2,1H3,(H,31,33)/b18-13+. The molecule has 1 aromatic heterocycles. The Kier molecular flexibility index (Phi) is 6.76. The SMILES string of the molecule is COc1ccccc1-c1nc2ccc(NC(=O)/C=C/c3ccc(OCc4ccccc4)cc3)cc2o1. The van der Waals surface area contributed by atoms with E-state index in [4.69, 9.17) is 13.9 Å². The van der Waals surface area contributed by atoms with Gasteiger partial charge in [0, 0.05) is 17.8 Å². The first kappa shape index (κ1) is 22.9. The van der Waals surface area contributed by atoms with Crippen molar-refractivity contribution in [3.63, 3.8) is 0 Å². The molecule has 1 heterocycles. The van der Waals surface area contributed by atoms with Crippen LogP contribution in [0.2, 0.25) is 0 Å². The summed E-state index contributed by atoms with van der Waals surface area (Å²) in [4.78, 5) is 17.0. The zero-order chi connectivity index (χ0) is 24.7. The number of oxazole rings is 1. The van der Waals surface area contributed by atoms with Gasteiger partial charge in [-0.1, -0.05) is 54.6 Å². The van der Waals surface area contributed by atoms with Crippen molar-refractivity contribution < 1.29 is 18.7 Å². The van der Waals surface area contributed by atoms with Gasteiger partial charge >= 0.3 is 0 Å². The molecule has 0 saturated carbocycles. The van der Waals surface area contributed by atoms with Crippen LogP contribution in [0.25, 0.3) is 28.6 Å². The Hall–Kier alpha value is -4.84. The molecule has 0 radical (unpaired) electrons. The van der Waals surface area contributed by atoms with Gasteiger partial charge in [-0.25, -0.2) is 4.98 Å². The van der Waals surface area contributed by atoms with Crippen molar-refractivity contribution in [3.8, 4) is 23.0 Å². The first-order valence-electron chi connectivity index (χ1n) is 11.5. The van der Waals surface area contributed by atoms with Crippen molar-refractivity contribution in [2.45, 2.75) is 6.61 Å². The number of methoxy groups -OCH3 is 1. The van der Waals surface area contributed by atoms with E-state index in [0.717, 1.165) is 22.4 Å². The highest BCUT2D eigenvalue weighted by atomic mass is 16.5. The molecule has 1 amide bonds. The van der Waals surface area contributed by atoms with Gasteiger partial charge in [-0.2, -0.15) is 0 Å². The number of carbonyl (C=O) groups excluding carboxylic acids is 1. The highest BCUT2D eigenvalue weighted by Crippen LogP contribution is 2.32. The first-order valence-corrected chi connectivity index (χ1v) is 11.5. The summed E-state index contributed by atoms with van der Waals surface area (Å²) in [6.07, 6.45) is 3.24. The average Bonchev–Trinajstić information content (AvgIpc) is 3.35. The second-order valence-electron chi connectivity index (χ2n) is 8.07. The molecule has 0 atom stereocenters. The Morgan fingerprint density at radius 2 is 1.72 bits per heavy atom. The summed E-state index contributed by atoms with van der Waals surface area (Å²) in [5.41, 5.74) is 4.65. The first-order chi connectivity index (χ1) is 17.7. The molecule has 0 fully saturated rings. The van der Waals surface area contributed by atoms with Crippen LogP contribution < -0.4 is 14.8 Å². The smallest absolute Gasteiger partial charge is 0.248 e. The lowest BCUT2D eigenvalue weighted by Gasteiger charge is -2.06. The molecule has 0 saturated heterocycles. The Bertz CT molecular complexity index is 1510. The van der Waals surface area contributed by atoms with Crippen LogP contribution >= 0.6 is 0 Å². The van der Waals surface area contributed by atoms with Gasteiger partial charge in [-0.15, -0.1) is 0 Å². The molecule has 0 aliphatic carbocycles. The van der Waals surface area contributed by atoms with Crippen LogP contribution in [0.4, 0.5) is 5.69 Å². The van der Waals surface area contributed by atoms with E-state index >= 15 is 0 Å². The van der Waals surface area contributed by atoms with Crippen LogP contribution in [0.15, 0.2) is 108 Å². The van der Waals surface area contributed by atoms with Gasteiger partial charge in [0.1, 0.15) is 23.6 Å². The van der Waals surface area contributed by atoms with Gasteiger partial charge in [-0.05, 0) is 53.6 Å². The van der Waals surface area contributed by atoms with Crippen molar-refractivity contribution in [1.29, 1.82) is 0 Å². The lowest BCUT2D eigenvalue weighted by Crippen LogP contribution is -2.07. The second-order valence-corrected chi connectivity index (χ2v) is 8.07. The molecule has 5 aromatic rings. The second kappa shape index (κ2) is 10.6. The molecular weight excluding hydrogens is 452 g/mol. The number of fused-ring (bicyclic) bond motifs is 1. The number of nitrogens with zero attached hydrogens (tertiary/aromatic N) is 1. The van der Waals surface area contributed by atoms with E-state index in [1.807, 2.05) is 84.9 Å². The number of aromatic nitrogens is 1. The number of benzene rings is 4. The summed E-state index contributed by atoms with van der Waals surface area (Å²) < 4.78 is 17.1. The molecule has 36 heavy (non-hydrogen) atoms. The lowest BCUT2D eigenvalue weighted by atomic mass is 10.2. The van der Waals surface area contributed by atoms with Crippen LogP contribution in [0.1, 0.15) is 11.1 Å². The summed E-state index contributed by atoms with van der Waals surface area (Å²) in [5, 5.41) is 2.86. The van der Waals surface area contributed by atoms with Gasteiger partial charge in [0.15, 0.2) is 5.58 Å². The van der Waals surface area contributed by atoms with E-state index in [-0.39, 0.29) is 5.91 Å². The zero-order valence-electron chi connectivity index (χ0n) is 19.7. The Labute approximate surface area is 208 Å². The van der Waals surface area contributed by atoms with Crippen molar-refractivity contribution in [2.24, 2.45) is 0 Å². The van der Waals surface area contributed by atoms with Crippen molar-refractivity contribution in [2.75, 3.05) is 12.4 Å². The molecule has 5 rings (SSSR count). The van der Waals surface area contributed by atoms with E-state index in [1.54, 1.807) is 25.3 Å². The average molecular weight is 477 g/mol. The third-order valence-corrected chi connectivity index (χ3v) is 5.55. The fraction of sp³-hybridized carbons (Fsp3) is 0.0667. The molecule has 0 bridgehead atoms. The summed E-state index contributed by atoms with van der Waals surface area (Å²) in [5.74, 6) is 1.66. The maximum atomic E-state index is 12.5. The van der Waals surface area contributed by atoms with Gasteiger partial charge in [0.2, 0.25) is 11.8 Å². The van der Waals surface area contributed by atoms with Crippen LogP contribution in [-0.2, 0) is 11.4 Å². The molecule has 6 heteroatoms. The molecule has 4 aromatic carbocycles. The number of ether oxygens (including phenoxy) is 2. The summed E-state index contributed by atoms with van der Waals surface area (Å²) in [6, 6.07) is 30.5. The van der Waals surface area contributed by atoms with Gasteiger partial charge in [0.05, 0.1) is 12.7 Å². The number of anilines is 1. The van der Waals surface area contributed by atoms with E-state index < -0.39 is 0 Å². The van der Waals surface area contributed by atoms with E-state index in [0.29, 0.717) is 35.0 Å². The fourth-order valence-electron chi connectivity index (χ4n) is 3.71. The molecule has 0 spiro atoms. The van der Waals surface area contributed by atoms with E-state index in [9.17, 15) is 4.79 Å². The highest BCUT2D eigenvalue weighted by Gasteiger charge is 2.13. The van der Waals surface area contributed by atoms with E-state index in [2.05, 4.69) is 10.3 Å². The van der Waals surface area contributed by atoms with Gasteiger partial charge in [0.25, 0.3) is 0 Å². The number of hydrogen-bond donors (Lipinski definition) is 1. The largest absolute Gasteiger partial charge is 0.496 e. The van der Waals surface area contributed by atoms with Crippen molar-refractivity contribution >= 4 is 28.8 Å². The summed E-state index contributed by atoms with van der Waals surface area (Å²) in [7, 11) is 1.61. The number of amides is 1. The van der Waals surface area contributed by atoms with Gasteiger partial charge < -0.3 is 19.2 Å². The lowest BCUT2D eigenvalue weighted by molar-refractivity contribution is -0.111. The number of rotatable bonds is 8. The maximum Gasteiger partial charge on any atom is 0.248 e. The third kappa shape index (κ3) is 5.45. The third-order valence-electron chi connectivity index (χ3n) is 5.55. The summed E-state index contributed by atoms with van der Waals surface area (Å²) in [6.45, 7) is 0.508. The van der Waals surface area contributed by atoms with Gasteiger partial charge in [-0.3, -0.25) is 4.79 Å². The minimum atomic E-state index is -0.247. The predicted molar refractivity (Wildman–Crippen MR) is 141 cm³/mol. The molecule has 6 nitrogen and oxygen atoms in total. The quantitative estimate of drug-likeness (QED) is 0.251. The maximum absolute atomic E-state index is 12.5. The number of nitrogens with one attached hydrogen (secondary N) is 1. The van der Waals surface area contributed by atoms with Crippen LogP contribution in [-0.4, -0.2) is 18.0 Å². The summed E-state index contributed by atoms with van der Waals surface area (Å²) >= 11 is 0.